The van der Waals surface area contributed by atoms with Crippen molar-refractivity contribution in [2.24, 2.45) is 0 Å². The van der Waals surface area contributed by atoms with Crippen LogP contribution >= 0.6 is 7.60 Å². The molecule has 0 amide bonds. The van der Waals surface area contributed by atoms with Crippen LogP contribution in [0.2, 0.25) is 0 Å². The summed E-state index contributed by atoms with van der Waals surface area (Å²) < 4.78 is 11.8. The highest BCUT2D eigenvalue weighted by molar-refractivity contribution is 7.51. The molecule has 160 valence electrons. The number of phenols is 1. The molecule has 0 bridgehead atoms. The van der Waals surface area contributed by atoms with Gasteiger partial charge in [-0.2, -0.15) is 0 Å². The third kappa shape index (κ3) is 6.60. The molecule has 2 aromatic rings. The Morgan fingerprint density at radius 3 is 1.93 bits per heavy atom. The SMILES string of the molecule is CCC(C)c1cc(N(CCc2ccccc2)CP(=O)(O)O)cc(C(C)CC)c1O. The lowest BCUT2D eigenvalue weighted by Gasteiger charge is -2.28. The van der Waals surface area contributed by atoms with Crippen LogP contribution in [0.5, 0.6) is 5.75 Å². The molecule has 0 aromatic heterocycles. The first kappa shape index (κ1) is 23.5. The molecule has 2 atom stereocenters. The highest BCUT2D eigenvalue weighted by atomic mass is 31.2. The first-order chi connectivity index (χ1) is 13.7. The molecule has 3 N–H and O–H groups in total. The van der Waals surface area contributed by atoms with Crippen molar-refractivity contribution < 1.29 is 19.5 Å². The predicted octanol–water partition coefficient (Wildman–Crippen LogP) is 5.60. The van der Waals surface area contributed by atoms with Gasteiger partial charge in [0.05, 0.1) is 0 Å². The van der Waals surface area contributed by atoms with Gasteiger partial charge in [0, 0.05) is 12.2 Å². The largest absolute Gasteiger partial charge is 0.507 e. The number of phenolic OH excluding ortho intramolecular Hbond substituents is 1. The Balaban J connectivity index is 2.47. The molecule has 6 heteroatoms. The van der Waals surface area contributed by atoms with Crippen LogP contribution in [0.25, 0.3) is 0 Å². The Kier molecular flexibility index (Phi) is 8.33. The summed E-state index contributed by atoms with van der Waals surface area (Å²) >= 11 is 0. The summed E-state index contributed by atoms with van der Waals surface area (Å²) in [5.41, 5.74) is 3.56. The second kappa shape index (κ2) is 10.3. The Labute approximate surface area is 174 Å². The predicted molar refractivity (Wildman–Crippen MR) is 120 cm³/mol. The molecule has 0 heterocycles. The zero-order valence-corrected chi connectivity index (χ0v) is 18.8. The van der Waals surface area contributed by atoms with Gasteiger partial charge in [0.1, 0.15) is 12.0 Å². The lowest BCUT2D eigenvalue weighted by Crippen LogP contribution is -2.27. The summed E-state index contributed by atoms with van der Waals surface area (Å²) in [6.45, 7) is 8.76. The van der Waals surface area contributed by atoms with Gasteiger partial charge in [-0.1, -0.05) is 58.0 Å². The van der Waals surface area contributed by atoms with Gasteiger partial charge >= 0.3 is 7.60 Å². The minimum atomic E-state index is -4.25. The van der Waals surface area contributed by atoms with E-state index in [0.717, 1.165) is 35.2 Å². The van der Waals surface area contributed by atoms with Crippen LogP contribution in [-0.4, -0.2) is 27.7 Å². The molecule has 0 saturated heterocycles. The summed E-state index contributed by atoms with van der Waals surface area (Å²) in [7, 11) is -4.25. The van der Waals surface area contributed by atoms with Crippen molar-refractivity contribution in [3.05, 3.63) is 59.2 Å². The number of hydrogen-bond acceptors (Lipinski definition) is 3. The topological polar surface area (TPSA) is 81.0 Å². The Morgan fingerprint density at radius 1 is 0.966 bits per heavy atom. The molecular formula is C23H34NO4P. The fourth-order valence-electron chi connectivity index (χ4n) is 3.45. The van der Waals surface area contributed by atoms with Gasteiger partial charge in [-0.15, -0.1) is 0 Å². The average Bonchev–Trinajstić information content (AvgIpc) is 2.70. The molecule has 0 radical (unpaired) electrons. The number of rotatable bonds is 10. The quantitative estimate of drug-likeness (QED) is 0.437. The molecule has 2 unspecified atom stereocenters. The van der Waals surface area contributed by atoms with Gasteiger partial charge < -0.3 is 19.8 Å². The van der Waals surface area contributed by atoms with Crippen LogP contribution < -0.4 is 4.90 Å². The molecule has 0 spiro atoms. The lowest BCUT2D eigenvalue weighted by molar-refractivity contribution is 0.372. The second-order valence-electron chi connectivity index (χ2n) is 7.90. The van der Waals surface area contributed by atoms with E-state index in [1.807, 2.05) is 42.5 Å². The van der Waals surface area contributed by atoms with Crippen LogP contribution in [-0.2, 0) is 11.0 Å². The third-order valence-electron chi connectivity index (χ3n) is 5.67. The van der Waals surface area contributed by atoms with Crippen molar-refractivity contribution >= 4 is 13.3 Å². The highest BCUT2D eigenvalue weighted by Gasteiger charge is 2.24. The first-order valence-electron chi connectivity index (χ1n) is 10.4. The standard InChI is InChI=1S/C23H34NO4P/c1-5-17(3)21-14-20(15-22(23(21)25)18(4)6-2)24(16-29(26,27)28)13-12-19-10-8-7-9-11-19/h7-11,14-15,17-18,25H,5-6,12-13,16H2,1-4H3,(H2,26,27,28). The van der Waals surface area contributed by atoms with Crippen molar-refractivity contribution in [2.45, 2.75) is 58.8 Å². The van der Waals surface area contributed by atoms with Crippen LogP contribution in [0.3, 0.4) is 0 Å². The van der Waals surface area contributed by atoms with E-state index >= 15 is 0 Å². The Hall–Kier alpha value is -1.81. The van der Waals surface area contributed by atoms with Crippen LogP contribution in [0.4, 0.5) is 5.69 Å². The van der Waals surface area contributed by atoms with Crippen molar-refractivity contribution in [2.75, 3.05) is 17.7 Å². The second-order valence-corrected chi connectivity index (χ2v) is 9.51. The van der Waals surface area contributed by atoms with Gasteiger partial charge in [0.25, 0.3) is 0 Å². The van der Waals surface area contributed by atoms with E-state index in [-0.39, 0.29) is 18.1 Å². The number of anilines is 1. The highest BCUT2D eigenvalue weighted by Crippen LogP contribution is 2.42. The van der Waals surface area contributed by atoms with Crippen molar-refractivity contribution in [3.8, 4) is 5.75 Å². The number of hydrogen-bond donors (Lipinski definition) is 3. The fourth-order valence-corrected chi connectivity index (χ4v) is 4.20. The van der Waals surface area contributed by atoms with E-state index in [1.54, 1.807) is 4.90 Å². The van der Waals surface area contributed by atoms with Gasteiger partial charge in [-0.05, 0) is 59.9 Å². The molecule has 0 aliphatic heterocycles. The first-order valence-corrected chi connectivity index (χ1v) is 12.2. The molecule has 29 heavy (non-hydrogen) atoms. The summed E-state index contributed by atoms with van der Waals surface area (Å²) in [6, 6.07) is 13.7. The molecule has 2 aromatic carbocycles. The molecule has 0 aliphatic rings. The summed E-state index contributed by atoms with van der Waals surface area (Å²) in [5, 5.41) is 10.9. The fraction of sp³-hybridized carbons (Fsp3) is 0.478. The van der Waals surface area contributed by atoms with Crippen LogP contribution in [0.15, 0.2) is 42.5 Å². The van der Waals surface area contributed by atoms with Crippen molar-refractivity contribution in [1.82, 2.24) is 0 Å². The minimum Gasteiger partial charge on any atom is -0.507 e. The number of benzene rings is 2. The van der Waals surface area contributed by atoms with Crippen molar-refractivity contribution in [1.29, 1.82) is 0 Å². The third-order valence-corrected chi connectivity index (χ3v) is 6.38. The van der Waals surface area contributed by atoms with Crippen molar-refractivity contribution in [3.63, 3.8) is 0 Å². The van der Waals surface area contributed by atoms with E-state index in [0.29, 0.717) is 18.7 Å². The molecule has 0 aliphatic carbocycles. The summed E-state index contributed by atoms with van der Waals surface area (Å²) in [6.07, 6.45) is 2.09. The van der Waals surface area contributed by atoms with E-state index in [9.17, 15) is 19.5 Å². The number of aromatic hydroxyl groups is 1. The Bertz CT molecular complexity index is 803. The maximum absolute atomic E-state index is 11.8. The monoisotopic (exact) mass is 419 g/mol. The maximum atomic E-state index is 11.8. The van der Waals surface area contributed by atoms with Crippen LogP contribution in [0.1, 0.15) is 69.1 Å². The van der Waals surface area contributed by atoms with Gasteiger partial charge in [-0.3, -0.25) is 4.57 Å². The maximum Gasteiger partial charge on any atom is 0.344 e. The molecule has 2 rings (SSSR count). The molecule has 0 fully saturated rings. The van der Waals surface area contributed by atoms with E-state index < -0.39 is 7.60 Å². The summed E-state index contributed by atoms with van der Waals surface area (Å²) in [5.74, 6) is 0.629. The van der Waals surface area contributed by atoms with E-state index in [4.69, 9.17) is 0 Å². The molecule has 5 nitrogen and oxygen atoms in total. The molecule has 0 saturated carbocycles. The van der Waals surface area contributed by atoms with E-state index in [2.05, 4.69) is 27.7 Å². The normalized spacial score (nSPS) is 13.9. The number of nitrogens with zero attached hydrogens (tertiary/aromatic N) is 1. The molecular weight excluding hydrogens is 385 g/mol. The van der Waals surface area contributed by atoms with Gasteiger partial charge in [-0.25, -0.2) is 0 Å². The van der Waals surface area contributed by atoms with Gasteiger partial charge in [0.2, 0.25) is 0 Å². The zero-order chi connectivity index (χ0) is 21.6. The zero-order valence-electron chi connectivity index (χ0n) is 17.9. The smallest absolute Gasteiger partial charge is 0.344 e. The van der Waals surface area contributed by atoms with Crippen LogP contribution in [0, 0.1) is 0 Å². The minimum absolute atomic E-state index is 0.156. The average molecular weight is 420 g/mol. The van der Waals surface area contributed by atoms with Gasteiger partial charge in [0.15, 0.2) is 0 Å². The van der Waals surface area contributed by atoms with E-state index in [1.165, 1.54) is 0 Å². The lowest BCUT2D eigenvalue weighted by atomic mass is 9.89. The Morgan fingerprint density at radius 2 is 1.48 bits per heavy atom. The summed E-state index contributed by atoms with van der Waals surface area (Å²) in [4.78, 5) is 21.1.